The van der Waals surface area contributed by atoms with Gasteiger partial charge < -0.3 is 22.9 Å². The van der Waals surface area contributed by atoms with Crippen molar-refractivity contribution in [3.63, 3.8) is 0 Å². The molecule has 0 aliphatic rings. The maximum atomic E-state index is 5.79. The van der Waals surface area contributed by atoms with Gasteiger partial charge >= 0.3 is 0 Å². The van der Waals surface area contributed by atoms with E-state index in [-0.39, 0.29) is 18.4 Å². The first kappa shape index (κ1) is 13.8. The Labute approximate surface area is 99.7 Å². The summed E-state index contributed by atoms with van der Waals surface area (Å²) in [6.07, 6.45) is 0. The Hall–Kier alpha value is -0.150. The van der Waals surface area contributed by atoms with Crippen molar-refractivity contribution in [2.45, 2.75) is 13.0 Å². The van der Waals surface area contributed by atoms with Crippen LogP contribution in [0.4, 0.5) is 0 Å². The molecule has 1 atom stereocenters. The van der Waals surface area contributed by atoms with Gasteiger partial charge in [-0.15, -0.1) is 0 Å². The van der Waals surface area contributed by atoms with E-state index in [9.17, 15) is 0 Å². The third-order valence-electron chi connectivity index (χ3n) is 1.40. The molecule has 1 aromatic rings. The average molecular weight is 256 g/mol. The quantitative estimate of drug-likeness (QED) is 0.807. The van der Waals surface area contributed by atoms with Gasteiger partial charge in [0.15, 0.2) is 0 Å². The number of hydrogen-bond donors (Lipinski definition) is 1. The number of halogens is 3. The molecule has 1 aromatic carbocycles. The summed E-state index contributed by atoms with van der Waals surface area (Å²) in [6, 6.07) is 5.14. The van der Waals surface area contributed by atoms with Crippen molar-refractivity contribution >= 4 is 23.2 Å². The molecule has 0 spiro atoms. The summed E-state index contributed by atoms with van der Waals surface area (Å²) in [4.78, 5) is 0. The first-order valence-electron chi connectivity index (χ1n) is 3.93. The van der Waals surface area contributed by atoms with Crippen LogP contribution in [-0.4, -0.2) is 12.6 Å². The predicted molar refractivity (Wildman–Crippen MR) is 55.6 cm³/mol. The molecule has 0 heterocycles. The lowest BCUT2D eigenvalue weighted by Gasteiger charge is -2.08. The highest BCUT2D eigenvalue weighted by Gasteiger charge is 2.01. The van der Waals surface area contributed by atoms with Crippen LogP contribution in [0.25, 0.3) is 0 Å². The van der Waals surface area contributed by atoms with Gasteiger partial charge in [-0.05, 0) is 19.1 Å². The Morgan fingerprint density at radius 2 is 2.00 bits per heavy atom. The van der Waals surface area contributed by atoms with Crippen LogP contribution in [0.5, 0.6) is 5.75 Å². The summed E-state index contributed by atoms with van der Waals surface area (Å²) in [6.45, 7) is 2.34. The molecule has 0 saturated heterocycles. The summed E-state index contributed by atoms with van der Waals surface area (Å²) in [5, 5.41) is 1.01. The molecule has 0 aromatic heterocycles. The zero-order chi connectivity index (χ0) is 9.84. The number of ether oxygens (including phenoxy) is 1. The molecule has 80 valence electrons. The van der Waals surface area contributed by atoms with E-state index in [0.29, 0.717) is 22.4 Å². The molecular formula is C9H11Cl3NO-. The fourth-order valence-corrected chi connectivity index (χ4v) is 1.08. The minimum Gasteiger partial charge on any atom is -1.00 e. The van der Waals surface area contributed by atoms with E-state index in [4.69, 9.17) is 33.7 Å². The van der Waals surface area contributed by atoms with Gasteiger partial charge in [0, 0.05) is 12.1 Å². The molecule has 1 rings (SSSR count). The number of benzene rings is 1. The monoisotopic (exact) mass is 254 g/mol. The molecule has 0 amide bonds. The maximum Gasteiger partial charge on any atom is 0.120 e. The second kappa shape index (κ2) is 6.36. The second-order valence-corrected chi connectivity index (χ2v) is 3.68. The summed E-state index contributed by atoms with van der Waals surface area (Å²) in [5.74, 6) is 0.687. The van der Waals surface area contributed by atoms with E-state index in [1.807, 2.05) is 6.92 Å². The normalized spacial score (nSPS) is 11.7. The zero-order valence-corrected chi connectivity index (χ0v) is 9.90. The summed E-state index contributed by atoms with van der Waals surface area (Å²) in [5.41, 5.74) is 5.52. The van der Waals surface area contributed by atoms with Crippen LogP contribution in [0.3, 0.4) is 0 Å². The van der Waals surface area contributed by atoms with Gasteiger partial charge in [0.25, 0.3) is 0 Å². The fourth-order valence-electron chi connectivity index (χ4n) is 0.794. The van der Waals surface area contributed by atoms with Crippen LogP contribution in [0.1, 0.15) is 6.92 Å². The average Bonchev–Trinajstić information content (AvgIpc) is 2.07. The first-order valence-corrected chi connectivity index (χ1v) is 4.68. The highest BCUT2D eigenvalue weighted by molar-refractivity contribution is 6.42. The van der Waals surface area contributed by atoms with Crippen molar-refractivity contribution < 1.29 is 17.1 Å². The van der Waals surface area contributed by atoms with Crippen molar-refractivity contribution in [1.82, 2.24) is 0 Å². The van der Waals surface area contributed by atoms with E-state index < -0.39 is 0 Å². The van der Waals surface area contributed by atoms with E-state index in [1.54, 1.807) is 18.2 Å². The summed E-state index contributed by atoms with van der Waals surface area (Å²) < 4.78 is 5.34. The SMILES string of the molecule is CC(N)COc1ccc(Cl)c(Cl)c1.[Cl-]. The highest BCUT2D eigenvalue weighted by atomic mass is 35.5. The minimum absolute atomic E-state index is 0. The number of rotatable bonds is 3. The Morgan fingerprint density at radius 1 is 1.36 bits per heavy atom. The lowest BCUT2D eigenvalue weighted by Crippen LogP contribution is -3.00. The van der Waals surface area contributed by atoms with Crippen molar-refractivity contribution in [2.24, 2.45) is 5.73 Å². The predicted octanol–water partition coefficient (Wildman–Crippen LogP) is -0.277. The van der Waals surface area contributed by atoms with Gasteiger partial charge in [-0.3, -0.25) is 0 Å². The zero-order valence-electron chi connectivity index (χ0n) is 7.64. The van der Waals surface area contributed by atoms with Crippen molar-refractivity contribution in [3.05, 3.63) is 28.2 Å². The van der Waals surface area contributed by atoms with Gasteiger partial charge in [-0.25, -0.2) is 0 Å². The van der Waals surface area contributed by atoms with Gasteiger partial charge in [0.1, 0.15) is 12.4 Å². The van der Waals surface area contributed by atoms with Crippen LogP contribution in [0.2, 0.25) is 10.0 Å². The molecule has 0 bridgehead atoms. The standard InChI is InChI=1S/C9H11Cl2NO.ClH/c1-6(12)5-13-7-2-3-8(10)9(11)4-7;/h2-4,6H,5,12H2,1H3;1H/p-1. The molecule has 2 nitrogen and oxygen atoms in total. The third-order valence-corrected chi connectivity index (χ3v) is 2.14. The Morgan fingerprint density at radius 3 is 2.50 bits per heavy atom. The van der Waals surface area contributed by atoms with Crippen LogP contribution in [0, 0.1) is 0 Å². The molecule has 0 aliphatic carbocycles. The maximum absolute atomic E-state index is 5.79. The smallest absolute Gasteiger partial charge is 0.120 e. The van der Waals surface area contributed by atoms with Crippen LogP contribution >= 0.6 is 23.2 Å². The van der Waals surface area contributed by atoms with E-state index >= 15 is 0 Å². The summed E-state index contributed by atoms with van der Waals surface area (Å²) in [7, 11) is 0. The molecule has 1 unspecified atom stereocenters. The summed E-state index contributed by atoms with van der Waals surface area (Å²) >= 11 is 11.5. The lowest BCUT2D eigenvalue weighted by molar-refractivity contribution is -0.00000303. The Balaban J connectivity index is 0.00000169. The van der Waals surface area contributed by atoms with Gasteiger partial charge in [0.05, 0.1) is 10.0 Å². The van der Waals surface area contributed by atoms with Gasteiger partial charge in [-0.1, -0.05) is 23.2 Å². The molecule has 0 aliphatic heterocycles. The largest absolute Gasteiger partial charge is 1.00 e. The molecule has 14 heavy (non-hydrogen) atoms. The number of hydrogen-bond acceptors (Lipinski definition) is 2. The molecule has 2 N–H and O–H groups in total. The third kappa shape index (κ3) is 4.38. The molecule has 0 fully saturated rings. The molecule has 5 heteroatoms. The van der Waals surface area contributed by atoms with Crippen LogP contribution in [0.15, 0.2) is 18.2 Å². The van der Waals surface area contributed by atoms with Crippen molar-refractivity contribution in [1.29, 1.82) is 0 Å². The van der Waals surface area contributed by atoms with Crippen molar-refractivity contribution in [3.8, 4) is 5.75 Å². The first-order chi connectivity index (χ1) is 6.09. The van der Waals surface area contributed by atoms with E-state index in [2.05, 4.69) is 0 Å². The molecular weight excluding hydrogens is 244 g/mol. The van der Waals surface area contributed by atoms with E-state index in [1.165, 1.54) is 0 Å². The Bertz CT molecular complexity index is 291. The van der Waals surface area contributed by atoms with Gasteiger partial charge in [0.2, 0.25) is 0 Å². The fraction of sp³-hybridized carbons (Fsp3) is 0.333. The van der Waals surface area contributed by atoms with Crippen molar-refractivity contribution in [2.75, 3.05) is 6.61 Å². The number of nitrogens with two attached hydrogens (primary N) is 1. The highest BCUT2D eigenvalue weighted by Crippen LogP contribution is 2.26. The second-order valence-electron chi connectivity index (χ2n) is 2.86. The van der Waals surface area contributed by atoms with Crippen LogP contribution < -0.4 is 22.9 Å². The minimum atomic E-state index is 0. The van der Waals surface area contributed by atoms with E-state index in [0.717, 1.165) is 0 Å². The van der Waals surface area contributed by atoms with Crippen LogP contribution in [-0.2, 0) is 0 Å². The molecule has 0 saturated carbocycles. The lowest BCUT2D eigenvalue weighted by atomic mass is 10.3. The van der Waals surface area contributed by atoms with Gasteiger partial charge in [-0.2, -0.15) is 0 Å². The topological polar surface area (TPSA) is 35.2 Å². The Kier molecular flexibility index (Phi) is 6.29. The molecule has 0 radical (unpaired) electrons.